The Kier molecular flexibility index (Phi) is 52.4. The van der Waals surface area contributed by atoms with Crippen molar-refractivity contribution in [2.24, 2.45) is 0 Å². The van der Waals surface area contributed by atoms with Crippen molar-refractivity contribution in [1.29, 1.82) is 0 Å². The molecule has 0 aliphatic carbocycles. The summed E-state index contributed by atoms with van der Waals surface area (Å²) in [7, 11) is 8.68. The molecule has 0 unspecified atom stereocenters. The molecular weight excluding hydrogens is 219 g/mol. The average Bonchev–Trinajstić information content (AvgIpc) is 0.918. The van der Waals surface area contributed by atoms with Crippen molar-refractivity contribution >= 4 is 50.5 Å². The summed E-state index contributed by atoms with van der Waals surface area (Å²) in [5, 5.41) is 0. The summed E-state index contributed by atoms with van der Waals surface area (Å²) in [5.41, 5.74) is 0. The third-order valence-electron chi connectivity index (χ3n) is 0. The zero-order valence-electron chi connectivity index (χ0n) is 2.21. The van der Waals surface area contributed by atoms with E-state index < -0.39 is 0 Å². The van der Waals surface area contributed by atoms with Crippen molar-refractivity contribution in [3.05, 3.63) is 0 Å². The molecule has 0 aliphatic rings. The fourth-order valence-corrected chi connectivity index (χ4v) is 0. The molecule has 0 bridgehead atoms. The Morgan fingerprint density at radius 1 is 1.20 bits per heavy atom. The first-order chi connectivity index (χ1) is 1.41. The predicted octanol–water partition coefficient (Wildman–Crippen LogP) is 1.56. The van der Waals surface area contributed by atoms with Crippen LogP contribution in [0.3, 0.4) is 0 Å². The molecule has 5 heteroatoms. The number of hydrogen-bond acceptors (Lipinski definition) is 2. The van der Waals surface area contributed by atoms with E-state index in [2.05, 4.69) is 19.6 Å². The van der Waals surface area contributed by atoms with E-state index in [0.717, 1.165) is 0 Å². The normalized spacial score (nSPS) is 2.40. The van der Waals surface area contributed by atoms with Crippen LogP contribution in [0.5, 0.6) is 0 Å². The minimum atomic E-state index is -0.363. The first kappa shape index (κ1) is 15.7. The average molecular weight is 219 g/mol. The van der Waals surface area contributed by atoms with Gasteiger partial charge in [0.1, 0.15) is 0 Å². The van der Waals surface area contributed by atoms with Crippen LogP contribution in [0.4, 0.5) is 0 Å². The Morgan fingerprint density at radius 3 is 1.20 bits per heavy atom. The van der Waals surface area contributed by atoms with Gasteiger partial charge in [-0.3, -0.25) is 0 Å². The fraction of sp³-hybridized carbons (Fsp3) is 0. The van der Waals surface area contributed by atoms with Crippen LogP contribution < -0.4 is 0 Å². The molecule has 0 rings (SSSR count). The SMILES string of the molecule is [Al].[S].[S]=[Mo]=[S]. The van der Waals surface area contributed by atoms with E-state index in [9.17, 15) is 0 Å². The van der Waals surface area contributed by atoms with Crippen LogP contribution in [-0.2, 0) is 14.9 Å². The molecule has 0 spiro atoms. The molecule has 0 aromatic rings. The Morgan fingerprint density at radius 2 is 1.20 bits per heavy atom. The monoisotopic (exact) mass is 221 g/mol. The predicted molar refractivity (Wildman–Crippen MR) is 28.5 cm³/mol. The van der Waals surface area contributed by atoms with Crippen molar-refractivity contribution in [1.82, 2.24) is 0 Å². The minimum absolute atomic E-state index is 0. The first-order valence-electron chi connectivity index (χ1n) is 0.333. The van der Waals surface area contributed by atoms with Gasteiger partial charge in [-0.05, 0) is 0 Å². The second-order valence-corrected chi connectivity index (χ2v) is 3.62. The Labute approximate surface area is 64.7 Å². The third kappa shape index (κ3) is 23.9. The van der Waals surface area contributed by atoms with Crippen LogP contribution in [0.1, 0.15) is 0 Å². The summed E-state index contributed by atoms with van der Waals surface area (Å²) in [4.78, 5) is 0. The zero-order valence-corrected chi connectivity index (χ0v) is 7.82. The van der Waals surface area contributed by atoms with Gasteiger partial charge in [0.2, 0.25) is 0 Å². The maximum atomic E-state index is 4.34. The molecular formula is AlMoS3. The van der Waals surface area contributed by atoms with Gasteiger partial charge >= 0.3 is 34.6 Å². The van der Waals surface area contributed by atoms with Crippen LogP contribution in [0.25, 0.3) is 0 Å². The van der Waals surface area contributed by atoms with E-state index in [4.69, 9.17) is 0 Å². The number of rotatable bonds is 0. The summed E-state index contributed by atoms with van der Waals surface area (Å²) in [5.74, 6) is 0. The van der Waals surface area contributed by atoms with Gasteiger partial charge in [-0.2, -0.15) is 0 Å². The molecule has 0 aromatic heterocycles. The Hall–Kier alpha value is 2.01. The van der Waals surface area contributed by atoms with Crippen LogP contribution >= 0.6 is 33.1 Å². The fourth-order valence-electron chi connectivity index (χ4n) is 0. The second-order valence-electron chi connectivity index (χ2n) is 0.0680. The molecule has 0 saturated carbocycles. The van der Waals surface area contributed by atoms with E-state index in [1.54, 1.807) is 0 Å². The van der Waals surface area contributed by atoms with E-state index in [0.29, 0.717) is 0 Å². The van der Waals surface area contributed by atoms with E-state index in [1.165, 1.54) is 0 Å². The van der Waals surface area contributed by atoms with Crippen molar-refractivity contribution < 1.29 is 14.9 Å². The van der Waals surface area contributed by atoms with E-state index >= 15 is 0 Å². The molecule has 0 saturated heterocycles. The standard InChI is InChI=1S/Al.Mo.3S. The van der Waals surface area contributed by atoms with Gasteiger partial charge in [0.25, 0.3) is 0 Å². The molecule has 0 N–H and O–H groups in total. The molecule has 0 aliphatic heterocycles. The van der Waals surface area contributed by atoms with Gasteiger partial charge in [-0.25, -0.2) is 0 Å². The Bertz CT molecular complexity index is 27.9. The number of hydrogen-bond donors (Lipinski definition) is 0. The van der Waals surface area contributed by atoms with E-state index in [-0.39, 0.29) is 45.8 Å². The van der Waals surface area contributed by atoms with Crippen molar-refractivity contribution in [2.45, 2.75) is 0 Å². The summed E-state index contributed by atoms with van der Waals surface area (Å²) in [6.07, 6.45) is 0. The summed E-state index contributed by atoms with van der Waals surface area (Å²) in [6.45, 7) is 0. The molecule has 0 heterocycles. The molecule has 0 nitrogen and oxygen atoms in total. The quantitative estimate of drug-likeness (QED) is 0.567. The van der Waals surface area contributed by atoms with Gasteiger partial charge in [0.05, 0.1) is 0 Å². The molecule has 0 aromatic carbocycles. The second kappa shape index (κ2) is 16.6. The molecule has 27 valence electrons. The van der Waals surface area contributed by atoms with Crippen molar-refractivity contribution in [3.8, 4) is 0 Å². The van der Waals surface area contributed by atoms with Crippen LogP contribution in [0.15, 0.2) is 0 Å². The van der Waals surface area contributed by atoms with E-state index in [1.807, 2.05) is 0 Å². The third-order valence-corrected chi connectivity index (χ3v) is 0. The molecule has 0 atom stereocenters. The molecule has 5 radical (unpaired) electrons. The maximum absolute atomic E-state index is 4.34. The summed E-state index contributed by atoms with van der Waals surface area (Å²) in [6, 6.07) is 0. The Balaban J connectivity index is -0.0000000200. The molecule has 0 fully saturated rings. The summed E-state index contributed by atoms with van der Waals surface area (Å²) < 4.78 is 0. The van der Waals surface area contributed by atoms with Crippen LogP contribution in [0.2, 0.25) is 0 Å². The van der Waals surface area contributed by atoms with Crippen LogP contribution in [-0.4, -0.2) is 17.4 Å². The molecule has 5 heavy (non-hydrogen) atoms. The van der Waals surface area contributed by atoms with Crippen molar-refractivity contribution in [3.63, 3.8) is 0 Å². The first-order valence-corrected chi connectivity index (χ1v) is 5.92. The van der Waals surface area contributed by atoms with Gasteiger partial charge in [0, 0.05) is 30.9 Å². The van der Waals surface area contributed by atoms with Gasteiger partial charge < -0.3 is 0 Å². The summed E-state index contributed by atoms with van der Waals surface area (Å²) >= 11 is -0.363. The van der Waals surface area contributed by atoms with Crippen molar-refractivity contribution in [2.75, 3.05) is 0 Å². The van der Waals surface area contributed by atoms with Gasteiger partial charge in [-0.15, -0.1) is 0 Å². The molecule has 0 amide bonds. The van der Waals surface area contributed by atoms with Gasteiger partial charge in [0.15, 0.2) is 0 Å². The van der Waals surface area contributed by atoms with Crippen LogP contribution in [0, 0.1) is 0 Å². The zero-order chi connectivity index (χ0) is 2.71. The topological polar surface area (TPSA) is 0 Å². The van der Waals surface area contributed by atoms with Gasteiger partial charge in [-0.1, -0.05) is 0 Å².